The first kappa shape index (κ1) is 65.6. The number of carbonyl (C=O) groups is 3. The Bertz CT molecular complexity index is 4160. The summed E-state index contributed by atoms with van der Waals surface area (Å²) in [6, 6.07) is 19.6. The summed E-state index contributed by atoms with van der Waals surface area (Å²) in [5, 5.41) is 39.8. The van der Waals surface area contributed by atoms with Gasteiger partial charge in [0.1, 0.15) is 0 Å². The summed E-state index contributed by atoms with van der Waals surface area (Å²) in [5.74, 6) is 1.05. The van der Waals surface area contributed by atoms with Gasteiger partial charge in [0.05, 0.1) is 0 Å². The van der Waals surface area contributed by atoms with E-state index in [0.717, 1.165) is 92.0 Å². The monoisotopic (exact) mass is 1600 g/mol. The van der Waals surface area contributed by atoms with Crippen LogP contribution in [0.5, 0.6) is 17.2 Å². The van der Waals surface area contributed by atoms with E-state index < -0.39 is 24.2 Å². The van der Waals surface area contributed by atoms with Gasteiger partial charge in [-0.15, -0.1) is 0 Å². The molecular weight excluding hydrogens is 1530 g/mol. The number of carbonyl (C=O) groups excluding carboxylic acids is 3. The summed E-state index contributed by atoms with van der Waals surface area (Å²) >= 11 is 11.5. The normalized spacial score (nSPS) is 17.4. The molecular formula is C69H72Br3N3O6Se3Si3. The van der Waals surface area contributed by atoms with Gasteiger partial charge in [0, 0.05) is 0 Å². The van der Waals surface area contributed by atoms with E-state index in [2.05, 4.69) is 170 Å². The van der Waals surface area contributed by atoms with Crippen molar-refractivity contribution in [3.8, 4) is 47.3 Å². The number of aromatic hydroxyl groups is 3. The van der Waals surface area contributed by atoms with E-state index in [1.807, 2.05) is 48.6 Å². The molecule has 9 nitrogen and oxygen atoms in total. The molecule has 0 radical (unpaired) electrons. The molecule has 0 fully saturated rings. The number of hydrogen-bond donors (Lipinski definition) is 3. The van der Waals surface area contributed by atoms with Crippen molar-refractivity contribution in [2.24, 2.45) is 15.0 Å². The van der Waals surface area contributed by atoms with Crippen LogP contribution in [0.1, 0.15) is 96.4 Å². The maximum atomic E-state index is 12.6. The number of allylic oxidation sites excluding steroid dienone is 12. The van der Waals surface area contributed by atoms with Crippen LogP contribution in [0.4, 0.5) is 17.1 Å². The third kappa shape index (κ3) is 10.9. The second-order valence-electron chi connectivity index (χ2n) is 25.7. The van der Waals surface area contributed by atoms with Crippen molar-refractivity contribution in [3.63, 3.8) is 0 Å². The van der Waals surface area contributed by atoms with Crippen LogP contribution in [-0.2, 0) is 14.4 Å². The maximum absolute atomic E-state index is 12.6. The first-order valence-electron chi connectivity index (χ1n) is 29.4. The van der Waals surface area contributed by atoms with E-state index in [-0.39, 0.29) is 70.9 Å². The van der Waals surface area contributed by atoms with E-state index in [1.54, 1.807) is 42.5 Å². The Morgan fingerprint density at radius 3 is 1.15 bits per heavy atom. The number of rotatable bonds is 7. The van der Waals surface area contributed by atoms with Gasteiger partial charge in [0.15, 0.2) is 0 Å². The Labute approximate surface area is 557 Å². The summed E-state index contributed by atoms with van der Waals surface area (Å²) in [6.07, 6.45) is 15.9. The average molecular weight is 1600 g/mol. The molecule has 18 heteroatoms. The van der Waals surface area contributed by atoms with Crippen LogP contribution in [0, 0.1) is 20.8 Å². The molecule has 0 unspecified atom stereocenters. The van der Waals surface area contributed by atoms with Crippen molar-refractivity contribution in [3.05, 3.63) is 152 Å². The van der Waals surface area contributed by atoms with Gasteiger partial charge >= 0.3 is 563 Å². The molecule has 3 aromatic carbocycles. The quantitative estimate of drug-likeness (QED) is 0.107. The zero-order valence-electron chi connectivity index (χ0n) is 51.7. The predicted molar refractivity (Wildman–Crippen MR) is 383 cm³/mol. The molecule has 0 atom stereocenters. The van der Waals surface area contributed by atoms with Crippen molar-refractivity contribution < 1.29 is 29.7 Å². The molecule has 0 saturated heterocycles. The van der Waals surface area contributed by atoms with Gasteiger partial charge in [-0.05, 0) is 0 Å². The molecule has 3 aliphatic carbocycles. The van der Waals surface area contributed by atoms with Crippen LogP contribution >= 0.6 is 47.8 Å². The number of aryl methyl sites for hydroxylation is 3. The Morgan fingerprint density at radius 2 is 0.793 bits per heavy atom. The molecule has 12 rings (SSSR count). The minimum atomic E-state index is -2.66. The second-order valence-corrected chi connectivity index (χ2v) is 51.4. The minimum absolute atomic E-state index is 0.0223. The number of benzene rings is 3. The summed E-state index contributed by atoms with van der Waals surface area (Å²) < 4.78 is 10.8. The van der Waals surface area contributed by atoms with E-state index >= 15 is 0 Å². The second kappa shape index (κ2) is 24.3. The number of phenols is 3. The SMILES string of the molecule is CC[Si]1(CC)C2=CC(=O)C=CC2=Nc2ccc(O)c(-c3cc(Br)c(C)[se]3)c21.Cc1[se]c(-c2c(O)ccc3c2[Si](C(C)(C)C)(C(C)(C)C)C2=CC(=O)C=CC2=N3)cc1Br.Cc1[se]c(-c2c(O)ccc3c2[Si](C(C)C)(C(C)C)C2=CC(=O)C=CC2=N3)cc1Br. The van der Waals surface area contributed by atoms with E-state index in [4.69, 9.17) is 15.0 Å². The zero-order chi connectivity index (χ0) is 63.4. The number of phenolic OH excluding ortho intramolecular Hbond substituents is 3. The van der Waals surface area contributed by atoms with Gasteiger partial charge in [-0.1, -0.05) is 0 Å². The Hall–Kier alpha value is -4.39. The number of aliphatic imine (C=N–C) groups is 3. The first-order valence-corrected chi connectivity index (χ1v) is 43.4. The van der Waals surface area contributed by atoms with E-state index in [9.17, 15) is 29.7 Å². The average Bonchev–Trinajstić information content (AvgIpc) is 0.919. The third-order valence-corrected chi connectivity index (χ3v) is 47.8. The molecule has 0 saturated carbocycles. The molecule has 6 aromatic rings. The van der Waals surface area contributed by atoms with E-state index in [1.165, 1.54) is 42.2 Å². The topological polar surface area (TPSA) is 149 Å². The number of fused-ring (bicyclic) bond motifs is 6. The third-order valence-electron chi connectivity index (χ3n) is 18.3. The molecule has 87 heavy (non-hydrogen) atoms. The van der Waals surface area contributed by atoms with Crippen LogP contribution in [0.2, 0.25) is 33.2 Å². The van der Waals surface area contributed by atoms with Crippen molar-refractivity contribution in [2.75, 3.05) is 0 Å². The zero-order valence-corrected chi connectivity index (χ0v) is 64.6. The van der Waals surface area contributed by atoms with Crippen LogP contribution in [-0.4, -0.2) is 118 Å². The number of halogens is 3. The van der Waals surface area contributed by atoms with Crippen LogP contribution in [0.15, 0.2) is 153 Å². The van der Waals surface area contributed by atoms with Crippen molar-refractivity contribution >= 4 is 183 Å². The van der Waals surface area contributed by atoms with Crippen molar-refractivity contribution in [1.82, 2.24) is 0 Å². The molecule has 0 spiro atoms. The fourth-order valence-corrected chi connectivity index (χ4v) is 43.2. The number of ketones is 3. The van der Waals surface area contributed by atoms with Crippen LogP contribution < -0.4 is 15.6 Å². The van der Waals surface area contributed by atoms with Crippen molar-refractivity contribution in [1.29, 1.82) is 0 Å². The van der Waals surface area contributed by atoms with Gasteiger partial charge < -0.3 is 0 Å². The van der Waals surface area contributed by atoms with Crippen LogP contribution in [0.3, 0.4) is 0 Å². The number of nitrogens with zero attached hydrogens (tertiary/aromatic N) is 3. The standard InChI is InChI=1S/C25H28BrNO2SeSi.C23H24BrNO2SeSi.C21H20BrNO2SeSi/c1-14-16(26)13-20(30-14)22-19(29)11-10-18-23(22)31(24(2,3)4,25(5,6)7)21-12-15(28)8-9-17(21)27-18;1-12(2)29(13(3)4)21-10-15(26)6-7-17(21)25-18-8-9-19(27)22(23(18)29)20-11-16(24)14(5)28-20;1-4-27(5-2)19-10-13(24)6-7-15(19)23-16-8-9-17(25)20(21(16)27)18-11-14(22)12(3)26-18/h8-13,29H,1-7H3;6-13,27H,1-5H3;6-11,25H,4-5H2,1-3H3. The van der Waals surface area contributed by atoms with Crippen molar-refractivity contribution in [2.45, 2.75) is 137 Å². The molecule has 6 aliphatic rings. The summed E-state index contributed by atoms with van der Waals surface area (Å²) in [5.41, 5.74) is 9.16. The summed E-state index contributed by atoms with van der Waals surface area (Å²) in [4.78, 5) is 52.0. The molecule has 3 aliphatic heterocycles. The van der Waals surface area contributed by atoms with Gasteiger partial charge in [-0.2, -0.15) is 0 Å². The van der Waals surface area contributed by atoms with Gasteiger partial charge in [0.25, 0.3) is 0 Å². The molecule has 3 aromatic heterocycles. The molecule has 0 bridgehead atoms. The molecule has 6 heterocycles. The molecule has 0 amide bonds. The Balaban J connectivity index is 0.000000145. The van der Waals surface area contributed by atoms with Gasteiger partial charge in [-0.3, -0.25) is 0 Å². The Morgan fingerprint density at radius 1 is 0.471 bits per heavy atom. The predicted octanol–water partition coefficient (Wildman–Crippen LogP) is 16.1. The fourth-order valence-electron chi connectivity index (χ4n) is 15.0. The first-order chi connectivity index (χ1) is 40.9. The summed E-state index contributed by atoms with van der Waals surface area (Å²) in [6.45, 7) is 33.7. The Kier molecular flexibility index (Phi) is 18.3. The fraction of sp³-hybridized carbons (Fsp3) is 0.304. The molecule has 3 N–H and O–H groups in total. The van der Waals surface area contributed by atoms with Crippen LogP contribution in [0.25, 0.3) is 30.0 Å². The van der Waals surface area contributed by atoms with Gasteiger partial charge in [0.2, 0.25) is 0 Å². The van der Waals surface area contributed by atoms with Gasteiger partial charge in [-0.25, -0.2) is 0 Å². The molecule has 450 valence electrons. The van der Waals surface area contributed by atoms with E-state index in [0.29, 0.717) is 28.3 Å². The number of hydrogen-bond acceptors (Lipinski definition) is 9. The summed E-state index contributed by atoms with van der Waals surface area (Å²) in [7, 11) is -7.29.